The Morgan fingerprint density at radius 2 is 1.47 bits per heavy atom. The number of anilines is 3. The number of carboxylic acid groups (broad SMARTS) is 3. The van der Waals surface area contributed by atoms with Crippen molar-refractivity contribution < 1.29 is 29.7 Å². The van der Waals surface area contributed by atoms with Gasteiger partial charge in [0.15, 0.2) is 10.2 Å². The van der Waals surface area contributed by atoms with Crippen molar-refractivity contribution in [3.8, 4) is 0 Å². The molecule has 0 saturated carbocycles. The molecule has 4 aromatic rings. The van der Waals surface area contributed by atoms with E-state index in [0.717, 1.165) is 10.6 Å². The fourth-order valence-electron chi connectivity index (χ4n) is 2.82. The summed E-state index contributed by atoms with van der Waals surface area (Å²) >= 11 is 6.23. The van der Waals surface area contributed by atoms with E-state index >= 15 is 0 Å². The Morgan fingerprint density at radius 3 is 2.00 bits per heavy atom. The van der Waals surface area contributed by atoms with Crippen LogP contribution in [0.3, 0.4) is 0 Å². The van der Waals surface area contributed by atoms with E-state index in [1.54, 1.807) is 56.6 Å². The smallest absolute Gasteiger partial charge is 0.337 e. The molecule has 4 rings (SSSR count). The average Bonchev–Trinajstić information content (AvgIpc) is 3.33. The minimum absolute atomic E-state index is 0.222. The third kappa shape index (κ3) is 8.72. The minimum atomic E-state index is -0.955. The van der Waals surface area contributed by atoms with Gasteiger partial charge in [0.1, 0.15) is 0 Å². The molecular weight excluding hydrogens is 530 g/mol. The number of fused-ring (bicyclic) bond motifs is 1. The Balaban J connectivity index is 0.000000204. The largest absolute Gasteiger partial charge is 0.478 e. The van der Waals surface area contributed by atoms with Gasteiger partial charge in [0.25, 0.3) is 0 Å². The number of hydrogen-bond donors (Lipinski definition) is 7. The van der Waals surface area contributed by atoms with Crippen molar-refractivity contribution in [2.75, 3.05) is 30.5 Å². The number of carboxylic acids is 3. The fraction of sp³-hybridized carbons (Fsp3) is 0.0800. The van der Waals surface area contributed by atoms with Crippen molar-refractivity contribution in [2.24, 2.45) is 0 Å². The van der Waals surface area contributed by atoms with Gasteiger partial charge in [-0.2, -0.15) is 0 Å². The van der Waals surface area contributed by atoms with Crippen molar-refractivity contribution in [3.05, 3.63) is 83.4 Å². The molecule has 3 aromatic carbocycles. The quantitative estimate of drug-likeness (QED) is 0.137. The summed E-state index contributed by atoms with van der Waals surface area (Å²) in [4.78, 5) is 36.0. The maximum Gasteiger partial charge on any atom is 0.337 e. The summed E-state index contributed by atoms with van der Waals surface area (Å²) in [6, 6.07) is 17.7. The van der Waals surface area contributed by atoms with E-state index in [-0.39, 0.29) is 11.1 Å². The van der Waals surface area contributed by atoms with E-state index in [0.29, 0.717) is 26.8 Å². The summed E-state index contributed by atoms with van der Waals surface area (Å²) in [6.07, 6.45) is 0. The number of aromatic nitrogens is 1. The van der Waals surface area contributed by atoms with Crippen molar-refractivity contribution in [1.82, 2.24) is 10.3 Å². The zero-order valence-electron chi connectivity index (χ0n) is 20.3. The van der Waals surface area contributed by atoms with Crippen LogP contribution in [0.15, 0.2) is 66.7 Å². The second-order valence-electron chi connectivity index (χ2n) is 7.25. The number of aromatic carboxylic acids is 3. The van der Waals surface area contributed by atoms with E-state index < -0.39 is 17.9 Å². The van der Waals surface area contributed by atoms with Crippen LogP contribution in [-0.4, -0.2) is 57.4 Å². The molecular formula is C25H25N5O6S2. The van der Waals surface area contributed by atoms with Gasteiger partial charge in [0, 0.05) is 25.5 Å². The minimum Gasteiger partial charge on any atom is -0.478 e. The number of thiocarbonyl (C=S) groups is 1. The molecule has 0 bridgehead atoms. The molecule has 0 aliphatic carbocycles. The molecule has 8 N–H and O–H groups in total. The summed E-state index contributed by atoms with van der Waals surface area (Å²) in [6.45, 7) is 0. The Bertz CT molecular complexity index is 1460. The van der Waals surface area contributed by atoms with Crippen LogP contribution in [0.1, 0.15) is 31.1 Å². The molecule has 11 nitrogen and oxygen atoms in total. The molecule has 0 unspecified atom stereocenters. The van der Waals surface area contributed by atoms with Crippen molar-refractivity contribution in [2.45, 2.75) is 0 Å². The highest BCUT2D eigenvalue weighted by molar-refractivity contribution is 7.80. The second kappa shape index (κ2) is 14.1. The molecule has 0 aliphatic heterocycles. The van der Waals surface area contributed by atoms with Crippen LogP contribution in [-0.2, 0) is 0 Å². The average molecular weight is 556 g/mol. The van der Waals surface area contributed by atoms with Gasteiger partial charge in [-0.15, -0.1) is 0 Å². The predicted octanol–water partition coefficient (Wildman–Crippen LogP) is 4.30. The van der Waals surface area contributed by atoms with E-state index in [4.69, 9.17) is 33.3 Å². The van der Waals surface area contributed by atoms with Gasteiger partial charge in [-0.25, -0.2) is 19.4 Å². The molecule has 1 heterocycles. The van der Waals surface area contributed by atoms with Gasteiger partial charge in [-0.05, 0) is 60.7 Å². The van der Waals surface area contributed by atoms with Crippen molar-refractivity contribution >= 4 is 73.3 Å². The number of hydrogen-bond acceptors (Lipinski definition) is 8. The highest BCUT2D eigenvalue weighted by Crippen LogP contribution is 2.28. The van der Waals surface area contributed by atoms with Crippen LogP contribution in [0.5, 0.6) is 0 Å². The summed E-state index contributed by atoms with van der Waals surface area (Å²) < 4.78 is 0.712. The highest BCUT2D eigenvalue weighted by atomic mass is 32.1. The van der Waals surface area contributed by atoms with Crippen LogP contribution in [0.4, 0.5) is 16.5 Å². The second-order valence-corrected chi connectivity index (χ2v) is 8.66. The van der Waals surface area contributed by atoms with Gasteiger partial charge in [-0.1, -0.05) is 29.5 Å². The molecule has 0 radical (unpaired) electrons. The lowest BCUT2D eigenvalue weighted by molar-refractivity contribution is 0.0686. The fourth-order valence-corrected chi connectivity index (χ4v) is 3.86. The molecule has 0 atom stereocenters. The Labute approximate surface area is 227 Å². The SMILES string of the molecule is CNC(=S)Nc1cccc(C(=O)O)c1.CNc1nc2cccc(C(=O)O)c2s1.Nc1cccc(C(=O)O)c1. The zero-order valence-corrected chi connectivity index (χ0v) is 21.9. The van der Waals surface area contributed by atoms with Gasteiger partial charge in [0.2, 0.25) is 0 Å². The number of nitrogen functional groups attached to an aromatic ring is 1. The number of nitrogens with zero attached hydrogens (tertiary/aromatic N) is 1. The Kier molecular flexibility index (Phi) is 10.9. The number of nitrogens with one attached hydrogen (secondary N) is 3. The topological polar surface area (TPSA) is 187 Å². The normalized spacial score (nSPS) is 9.63. The van der Waals surface area contributed by atoms with Gasteiger partial charge < -0.3 is 37.0 Å². The monoisotopic (exact) mass is 555 g/mol. The molecule has 0 amide bonds. The standard InChI is InChI=1S/C9H8N2O2S.C9H10N2O2S.C7H7NO2/c1-10-9-11-6-4-2-3-5(8(12)13)7(6)14-9;1-10-9(14)11-7-4-2-3-6(5-7)8(12)13;8-6-3-1-2-5(4-6)7(9)10/h2-4H,1H3,(H,10,11)(H,12,13);2-5H,1H3,(H,12,13)(H2,10,11,14);1-4H,8H2,(H,9,10). The third-order valence-electron chi connectivity index (χ3n) is 4.59. The molecule has 38 heavy (non-hydrogen) atoms. The van der Waals surface area contributed by atoms with Crippen LogP contribution >= 0.6 is 23.6 Å². The number of thiazole rings is 1. The summed E-state index contributed by atoms with van der Waals surface area (Å²) in [7, 11) is 3.45. The van der Waals surface area contributed by atoms with E-state index in [1.165, 1.54) is 35.6 Å². The van der Waals surface area contributed by atoms with Gasteiger partial charge in [-0.3, -0.25) is 0 Å². The van der Waals surface area contributed by atoms with Crippen LogP contribution in [0.25, 0.3) is 10.2 Å². The van der Waals surface area contributed by atoms with E-state index in [1.807, 2.05) is 0 Å². The summed E-state index contributed by atoms with van der Waals surface area (Å²) in [5, 5.41) is 35.8. The molecule has 1 aromatic heterocycles. The first-order valence-corrected chi connectivity index (χ1v) is 12.0. The predicted molar refractivity (Wildman–Crippen MR) is 153 cm³/mol. The molecule has 0 fully saturated rings. The van der Waals surface area contributed by atoms with Gasteiger partial charge in [0.05, 0.1) is 26.9 Å². The lowest BCUT2D eigenvalue weighted by Gasteiger charge is -2.06. The van der Waals surface area contributed by atoms with E-state index in [9.17, 15) is 14.4 Å². The van der Waals surface area contributed by atoms with Crippen molar-refractivity contribution in [3.63, 3.8) is 0 Å². The first-order chi connectivity index (χ1) is 18.0. The number of rotatable bonds is 5. The lowest BCUT2D eigenvalue weighted by atomic mass is 10.2. The van der Waals surface area contributed by atoms with Crippen LogP contribution in [0, 0.1) is 0 Å². The first kappa shape index (κ1) is 29.5. The first-order valence-electron chi connectivity index (χ1n) is 10.8. The summed E-state index contributed by atoms with van der Waals surface area (Å²) in [5.74, 6) is -2.82. The maximum absolute atomic E-state index is 10.9. The highest BCUT2D eigenvalue weighted by Gasteiger charge is 2.11. The molecule has 0 saturated heterocycles. The maximum atomic E-state index is 10.9. The van der Waals surface area contributed by atoms with Crippen molar-refractivity contribution in [1.29, 1.82) is 0 Å². The zero-order chi connectivity index (χ0) is 28.2. The molecule has 0 spiro atoms. The van der Waals surface area contributed by atoms with Gasteiger partial charge >= 0.3 is 17.9 Å². The lowest BCUT2D eigenvalue weighted by Crippen LogP contribution is -2.24. The van der Waals surface area contributed by atoms with Crippen LogP contribution in [0.2, 0.25) is 0 Å². The molecule has 198 valence electrons. The number of carbonyl (C=O) groups is 3. The summed E-state index contributed by atoms with van der Waals surface area (Å²) in [5.41, 5.74) is 7.94. The van der Waals surface area contributed by atoms with E-state index in [2.05, 4.69) is 20.9 Å². The molecule has 0 aliphatic rings. The number of benzene rings is 3. The Morgan fingerprint density at radius 1 is 0.868 bits per heavy atom. The third-order valence-corrected chi connectivity index (χ3v) is 6.02. The molecule has 13 heteroatoms. The van der Waals surface area contributed by atoms with Crippen LogP contribution < -0.4 is 21.7 Å². The number of nitrogens with two attached hydrogens (primary N) is 1. The Hall–Kier alpha value is -4.75.